The number of rotatable bonds is 6. The molecule has 1 N–H and O–H groups in total. The Morgan fingerprint density at radius 3 is 2.50 bits per heavy atom. The zero-order chi connectivity index (χ0) is 20.1. The Balaban J connectivity index is 1.59. The first kappa shape index (κ1) is 19.8. The molecule has 3 aromatic rings. The molecule has 1 heterocycles. The monoisotopic (exact) mass is 391 g/mol. The summed E-state index contributed by atoms with van der Waals surface area (Å²) in [6, 6.07) is 16.9. The minimum Gasteiger partial charge on any atom is -0.325 e. The second-order valence-corrected chi connectivity index (χ2v) is 7.54. The third kappa shape index (κ3) is 5.04. The maximum absolute atomic E-state index is 12.2. The van der Waals surface area contributed by atoms with Crippen LogP contribution in [0.2, 0.25) is 0 Å². The lowest BCUT2D eigenvalue weighted by Gasteiger charge is -2.07. The van der Waals surface area contributed by atoms with Gasteiger partial charge in [0.15, 0.2) is 5.78 Å². The SMILES string of the molecule is CC(=O)c1cccc(NC(=O)CSc2ccc(-c3ccc(C)cc3C)nn2)c1. The van der Waals surface area contributed by atoms with Gasteiger partial charge in [-0.1, -0.05) is 47.7 Å². The van der Waals surface area contributed by atoms with E-state index in [-0.39, 0.29) is 17.4 Å². The van der Waals surface area contributed by atoms with Crippen LogP contribution in [0.25, 0.3) is 11.3 Å². The molecule has 0 spiro atoms. The predicted molar refractivity (Wildman–Crippen MR) is 113 cm³/mol. The number of carbonyl (C=O) groups is 2. The summed E-state index contributed by atoms with van der Waals surface area (Å²) >= 11 is 1.32. The van der Waals surface area contributed by atoms with Crippen molar-refractivity contribution in [2.24, 2.45) is 0 Å². The number of aromatic nitrogens is 2. The fourth-order valence-corrected chi connectivity index (χ4v) is 3.41. The van der Waals surface area contributed by atoms with Crippen LogP contribution in [0.1, 0.15) is 28.4 Å². The maximum atomic E-state index is 12.2. The van der Waals surface area contributed by atoms with Gasteiger partial charge in [-0.3, -0.25) is 9.59 Å². The summed E-state index contributed by atoms with van der Waals surface area (Å²) in [7, 11) is 0. The third-order valence-electron chi connectivity index (χ3n) is 4.20. The molecule has 0 bridgehead atoms. The molecule has 2 aromatic carbocycles. The molecule has 0 saturated heterocycles. The van der Waals surface area contributed by atoms with Gasteiger partial charge in [0.05, 0.1) is 11.4 Å². The van der Waals surface area contributed by atoms with Crippen LogP contribution in [0.4, 0.5) is 5.69 Å². The standard InChI is InChI=1S/C22H21N3O2S/c1-14-7-8-19(15(2)11-14)20-9-10-22(25-24-20)28-13-21(27)23-18-6-4-5-17(12-18)16(3)26/h4-12H,13H2,1-3H3,(H,23,27). The summed E-state index contributed by atoms with van der Waals surface area (Å²) in [5, 5.41) is 12.0. The molecular formula is C22H21N3O2S. The molecule has 0 atom stereocenters. The van der Waals surface area contributed by atoms with Crippen molar-refractivity contribution in [2.45, 2.75) is 25.8 Å². The highest BCUT2D eigenvalue weighted by molar-refractivity contribution is 7.99. The Bertz CT molecular complexity index is 1020. The molecule has 1 aromatic heterocycles. The smallest absolute Gasteiger partial charge is 0.234 e. The van der Waals surface area contributed by atoms with E-state index in [1.54, 1.807) is 24.3 Å². The molecule has 0 unspecified atom stereocenters. The van der Waals surface area contributed by atoms with E-state index in [1.807, 2.05) is 18.2 Å². The second kappa shape index (κ2) is 8.80. The summed E-state index contributed by atoms with van der Waals surface area (Å²) in [6.07, 6.45) is 0. The van der Waals surface area contributed by atoms with Gasteiger partial charge in [-0.25, -0.2) is 0 Å². The Morgan fingerprint density at radius 2 is 1.82 bits per heavy atom. The quantitative estimate of drug-likeness (QED) is 0.487. The number of nitrogens with zero attached hydrogens (tertiary/aromatic N) is 2. The van der Waals surface area contributed by atoms with Crippen molar-refractivity contribution < 1.29 is 9.59 Å². The molecular weight excluding hydrogens is 370 g/mol. The lowest BCUT2D eigenvalue weighted by atomic mass is 10.0. The summed E-state index contributed by atoms with van der Waals surface area (Å²) in [5.74, 6) is 0.0117. The van der Waals surface area contributed by atoms with Crippen molar-refractivity contribution in [3.8, 4) is 11.3 Å². The first-order chi connectivity index (χ1) is 13.4. The molecule has 0 aliphatic rings. The molecule has 6 heteroatoms. The van der Waals surface area contributed by atoms with E-state index in [4.69, 9.17) is 0 Å². The van der Waals surface area contributed by atoms with Gasteiger partial charge in [0, 0.05) is 16.8 Å². The normalized spacial score (nSPS) is 10.5. The van der Waals surface area contributed by atoms with Gasteiger partial charge >= 0.3 is 0 Å². The van der Waals surface area contributed by atoms with Crippen LogP contribution >= 0.6 is 11.8 Å². The summed E-state index contributed by atoms with van der Waals surface area (Å²) in [6.45, 7) is 5.61. The fraction of sp³-hybridized carbons (Fsp3) is 0.182. The van der Waals surface area contributed by atoms with Crippen LogP contribution in [0, 0.1) is 13.8 Å². The number of hydrogen-bond donors (Lipinski definition) is 1. The fourth-order valence-electron chi connectivity index (χ4n) is 2.79. The number of thioether (sulfide) groups is 1. The Labute approximate surface area is 168 Å². The number of nitrogens with one attached hydrogen (secondary N) is 1. The number of benzene rings is 2. The van der Waals surface area contributed by atoms with Crippen LogP contribution in [0.5, 0.6) is 0 Å². The third-order valence-corrected chi connectivity index (χ3v) is 5.12. The zero-order valence-corrected chi connectivity index (χ0v) is 16.8. The highest BCUT2D eigenvalue weighted by atomic mass is 32.2. The molecule has 142 valence electrons. The van der Waals surface area contributed by atoms with E-state index in [1.165, 1.54) is 24.2 Å². The van der Waals surface area contributed by atoms with Crippen molar-refractivity contribution in [3.63, 3.8) is 0 Å². The number of carbonyl (C=O) groups excluding carboxylic acids is 2. The number of aryl methyl sites for hydroxylation is 2. The Hall–Kier alpha value is -2.99. The number of anilines is 1. The van der Waals surface area contributed by atoms with Crippen LogP contribution < -0.4 is 5.32 Å². The van der Waals surface area contributed by atoms with Crippen LogP contribution in [-0.2, 0) is 4.79 Å². The average Bonchev–Trinajstić information content (AvgIpc) is 2.67. The average molecular weight is 391 g/mol. The van der Waals surface area contributed by atoms with Crippen molar-refractivity contribution >= 4 is 29.1 Å². The van der Waals surface area contributed by atoms with E-state index in [0.717, 1.165) is 16.8 Å². The van der Waals surface area contributed by atoms with Gasteiger partial charge < -0.3 is 5.32 Å². The molecule has 3 rings (SSSR count). The molecule has 0 saturated carbocycles. The van der Waals surface area contributed by atoms with Gasteiger partial charge in [0.2, 0.25) is 5.91 Å². The number of Topliss-reactive ketones (excluding diaryl/α,β-unsaturated/α-hetero) is 1. The van der Waals surface area contributed by atoms with E-state index in [2.05, 4.69) is 41.5 Å². The predicted octanol–water partition coefficient (Wildman–Crippen LogP) is 4.69. The van der Waals surface area contributed by atoms with Crippen LogP contribution in [0.3, 0.4) is 0 Å². The number of amides is 1. The highest BCUT2D eigenvalue weighted by Crippen LogP contribution is 2.23. The molecule has 28 heavy (non-hydrogen) atoms. The zero-order valence-electron chi connectivity index (χ0n) is 16.0. The lowest BCUT2D eigenvalue weighted by molar-refractivity contribution is -0.113. The van der Waals surface area contributed by atoms with Crippen molar-refractivity contribution in [2.75, 3.05) is 11.1 Å². The molecule has 0 radical (unpaired) electrons. The number of hydrogen-bond acceptors (Lipinski definition) is 5. The van der Waals surface area contributed by atoms with E-state index < -0.39 is 0 Å². The Morgan fingerprint density at radius 1 is 1.00 bits per heavy atom. The van der Waals surface area contributed by atoms with Gasteiger partial charge in [-0.2, -0.15) is 0 Å². The molecule has 1 amide bonds. The molecule has 5 nitrogen and oxygen atoms in total. The second-order valence-electron chi connectivity index (χ2n) is 6.55. The Kier molecular flexibility index (Phi) is 6.21. The van der Waals surface area contributed by atoms with Gasteiger partial charge in [-0.15, -0.1) is 10.2 Å². The van der Waals surface area contributed by atoms with Crippen molar-refractivity contribution in [1.29, 1.82) is 0 Å². The lowest BCUT2D eigenvalue weighted by Crippen LogP contribution is -2.14. The minimum atomic E-state index is -0.161. The minimum absolute atomic E-state index is 0.0374. The topological polar surface area (TPSA) is 72.0 Å². The maximum Gasteiger partial charge on any atom is 0.234 e. The van der Waals surface area contributed by atoms with Gasteiger partial charge in [0.25, 0.3) is 0 Å². The first-order valence-electron chi connectivity index (χ1n) is 8.87. The van der Waals surface area contributed by atoms with Crippen LogP contribution in [0.15, 0.2) is 59.6 Å². The highest BCUT2D eigenvalue weighted by Gasteiger charge is 2.08. The van der Waals surface area contributed by atoms with E-state index in [9.17, 15) is 9.59 Å². The molecule has 0 aliphatic carbocycles. The summed E-state index contributed by atoms with van der Waals surface area (Å²) in [5.41, 5.74) is 5.40. The van der Waals surface area contributed by atoms with Gasteiger partial charge in [-0.05, 0) is 50.6 Å². The van der Waals surface area contributed by atoms with E-state index in [0.29, 0.717) is 16.3 Å². The van der Waals surface area contributed by atoms with Gasteiger partial charge in [0.1, 0.15) is 5.03 Å². The largest absolute Gasteiger partial charge is 0.325 e. The first-order valence-corrected chi connectivity index (χ1v) is 9.86. The van der Waals surface area contributed by atoms with Crippen molar-refractivity contribution in [1.82, 2.24) is 10.2 Å². The van der Waals surface area contributed by atoms with Crippen molar-refractivity contribution in [3.05, 3.63) is 71.3 Å². The number of ketones is 1. The molecule has 0 aliphatic heterocycles. The summed E-state index contributed by atoms with van der Waals surface area (Å²) in [4.78, 5) is 23.6. The van der Waals surface area contributed by atoms with E-state index >= 15 is 0 Å². The summed E-state index contributed by atoms with van der Waals surface area (Å²) < 4.78 is 0. The van der Waals surface area contributed by atoms with Crippen LogP contribution in [-0.4, -0.2) is 27.6 Å². The molecule has 0 fully saturated rings.